The van der Waals surface area contributed by atoms with Crippen LogP contribution in [0, 0.1) is 82.4 Å². The minimum Gasteiger partial charge on any atom is -0.340 e. The van der Waals surface area contributed by atoms with Crippen molar-refractivity contribution in [2.45, 2.75) is 38.0 Å². The Morgan fingerprint density at radius 3 is 0.786 bits per heavy atom. The molecule has 0 fully saturated rings. The van der Waals surface area contributed by atoms with E-state index < -0.39 is 59.3 Å². The molecule has 0 bridgehead atoms. The number of rotatable bonds is 16. The summed E-state index contributed by atoms with van der Waals surface area (Å²) in [6.45, 7) is 3.51. The molecule has 12 rings (SSSR count). The van der Waals surface area contributed by atoms with Crippen molar-refractivity contribution in [3.05, 3.63) is 393 Å². The van der Waals surface area contributed by atoms with E-state index in [0.717, 1.165) is 0 Å². The van der Waals surface area contributed by atoms with Crippen molar-refractivity contribution in [2.75, 3.05) is 0 Å². The first-order valence-electron chi connectivity index (χ1n) is 32.4. The van der Waals surface area contributed by atoms with Gasteiger partial charge in [0, 0.05) is 47.0 Å². The molecule has 560 valence electrons. The van der Waals surface area contributed by atoms with E-state index >= 15 is 0 Å². The van der Waals surface area contributed by atoms with Gasteiger partial charge in [0.05, 0.1) is 132 Å². The molecule has 112 heavy (non-hydrogen) atoms. The predicted octanol–water partition coefficient (Wildman–Crippen LogP) is 21.6. The summed E-state index contributed by atoms with van der Waals surface area (Å²) < 4.78 is 55.1. The Morgan fingerprint density at radius 2 is 0.554 bits per heavy atom. The topological polar surface area (TPSA) is 263 Å². The van der Waals surface area contributed by atoms with Crippen molar-refractivity contribution in [3.8, 4) is 24.3 Å². The van der Waals surface area contributed by atoms with Crippen molar-refractivity contribution in [3.63, 3.8) is 0 Å². The third-order valence-electron chi connectivity index (χ3n) is 16.3. The second kappa shape index (κ2) is 39.6. The van der Waals surface area contributed by atoms with Gasteiger partial charge in [-0.05, 0) is 217 Å². The first-order chi connectivity index (χ1) is 53.5. The molecule has 0 unspecified atom stereocenters. The number of halogens is 14. The largest absolute Gasteiger partial charge is 0.340 e. The molecule has 12 aromatic rings. The second-order valence-electron chi connectivity index (χ2n) is 23.8. The van der Waals surface area contributed by atoms with Crippen LogP contribution in [-0.2, 0) is 0 Å². The molecule has 4 aromatic heterocycles. The molecule has 4 atom stereocenters. The van der Waals surface area contributed by atoms with Crippen LogP contribution < -0.4 is 21.3 Å². The van der Waals surface area contributed by atoms with E-state index in [1.54, 1.807) is 111 Å². The van der Waals surface area contributed by atoms with Gasteiger partial charge in [0.15, 0.2) is 0 Å². The fourth-order valence-electron chi connectivity index (χ4n) is 10.5. The highest BCUT2D eigenvalue weighted by Crippen LogP contribution is 2.33. The average molecular weight is 1700 g/mol. The van der Waals surface area contributed by atoms with Gasteiger partial charge in [-0.25, -0.2) is 17.6 Å². The molecule has 0 saturated carbocycles. The quantitative estimate of drug-likeness (QED) is 0.0658. The Balaban J connectivity index is 0.000000171. The van der Waals surface area contributed by atoms with Gasteiger partial charge >= 0.3 is 0 Å². The molecule has 0 aliphatic rings. The average Bonchev–Trinajstić information content (AvgIpc) is 0.825. The Bertz CT molecular complexity index is 5020. The smallest absolute Gasteiger partial charge is 0.252 e. The van der Waals surface area contributed by atoms with Crippen LogP contribution in [0.15, 0.2) is 219 Å². The third kappa shape index (κ3) is 22.5. The predicted molar refractivity (Wildman–Crippen MR) is 424 cm³/mol. The number of carbonyl (C=O) groups excluding carboxylic acids is 4. The molecule has 0 spiro atoms. The first-order valence-corrected chi connectivity index (χ1v) is 36.2. The van der Waals surface area contributed by atoms with E-state index in [1.165, 1.54) is 122 Å². The van der Waals surface area contributed by atoms with Crippen LogP contribution in [0.5, 0.6) is 0 Å². The van der Waals surface area contributed by atoms with Crippen molar-refractivity contribution < 1.29 is 36.7 Å². The highest BCUT2D eigenvalue weighted by molar-refractivity contribution is 6.34. The molecule has 4 N–H and O–H groups in total. The van der Waals surface area contributed by atoms with E-state index in [2.05, 4.69) is 53.3 Å². The number of benzene rings is 8. The van der Waals surface area contributed by atoms with Crippen LogP contribution in [0.3, 0.4) is 0 Å². The summed E-state index contributed by atoms with van der Waals surface area (Å²) in [6, 6.07) is 53.4. The number of hydrogen-bond acceptors (Lipinski definition) is 12. The van der Waals surface area contributed by atoms with E-state index in [1.807, 2.05) is 12.1 Å². The van der Waals surface area contributed by atoms with Gasteiger partial charge in [-0.1, -0.05) is 140 Å². The number of nitrogens with zero attached hydrogens (tertiary/aromatic N) is 8. The molecule has 0 saturated heterocycles. The fourth-order valence-corrected chi connectivity index (χ4v) is 12.0. The molecule has 0 aliphatic carbocycles. The van der Waals surface area contributed by atoms with E-state index in [4.69, 9.17) is 137 Å². The van der Waals surface area contributed by atoms with Crippen LogP contribution in [0.4, 0.5) is 17.6 Å². The molecular weight excluding hydrogens is 1650 g/mol. The lowest BCUT2D eigenvalue weighted by molar-refractivity contribution is 0.0934. The third-order valence-corrected chi connectivity index (χ3v) is 19.0. The maximum atomic E-state index is 14.0. The van der Waals surface area contributed by atoms with E-state index in [9.17, 15) is 36.7 Å². The summed E-state index contributed by atoms with van der Waals surface area (Å²) >= 11 is 59.0. The number of aryl methyl sites for hydroxylation is 2. The fraction of sp³-hybridized carbons (Fsp3) is 0.0732. The highest BCUT2D eigenvalue weighted by Gasteiger charge is 2.26. The monoisotopic (exact) mass is 1690 g/mol. The van der Waals surface area contributed by atoms with Gasteiger partial charge in [-0.2, -0.15) is 21.0 Å². The van der Waals surface area contributed by atoms with Gasteiger partial charge in [-0.3, -0.25) is 39.1 Å². The van der Waals surface area contributed by atoms with Gasteiger partial charge in [0.25, 0.3) is 23.6 Å². The standard InChI is InChI=1S/2C21H14Cl2FN3O.2C20H11Cl3FN3O/c1-12-8-14(2-3-15(12)10-25)21(28)27-20(19-7-5-16(22)11-26-19)13-4-6-18(24)17(23)9-13;1-12-8-14(2-3-15(12)10-25)21(28)27-20(19-7-5-16(22)11-26-19)13-4-6-17(23)18(24)9-13;21-14-4-6-18(26-10-14)19(11-3-5-15(22)17(24)8-11)27-20(28)12-1-2-13(9-25)16(23)7-12;21-14-4-6-18(26-10-14)19(11-3-5-17(24)16(23)7-11)27-20(28)12-1-2-13(9-25)15(22)8-12/h2*2-9,11,20H,1H3,(H,27,28);2*1-8,10,19H,(H,27,28)/t2*20-;2*19-/m0000/s1. The zero-order chi connectivity index (χ0) is 81.0. The summed E-state index contributed by atoms with van der Waals surface area (Å²) in [4.78, 5) is 68.1. The Labute approximate surface area is 688 Å². The summed E-state index contributed by atoms with van der Waals surface area (Å²) in [5.74, 6) is -4.01. The summed E-state index contributed by atoms with van der Waals surface area (Å²) in [5.41, 5.74) is 8.17. The molecule has 0 aliphatic heterocycles. The van der Waals surface area contributed by atoms with Gasteiger partial charge in [0.1, 0.15) is 35.4 Å². The Hall–Kier alpha value is -11.2. The Kier molecular flexibility index (Phi) is 30.0. The minimum atomic E-state index is -0.758. The molecular formula is C82H50Cl10F4N12O4. The zero-order valence-electron chi connectivity index (χ0n) is 57.6. The molecule has 16 nitrogen and oxygen atoms in total. The lowest BCUT2D eigenvalue weighted by Gasteiger charge is -2.20. The minimum absolute atomic E-state index is 0.0133. The molecule has 4 heterocycles. The number of pyridine rings is 4. The van der Waals surface area contributed by atoms with Crippen molar-refractivity contribution >= 4 is 140 Å². The molecule has 30 heteroatoms. The van der Waals surface area contributed by atoms with Crippen molar-refractivity contribution in [1.82, 2.24) is 41.2 Å². The lowest BCUT2D eigenvalue weighted by atomic mass is 10.0. The number of carbonyl (C=O) groups is 4. The normalized spacial score (nSPS) is 11.5. The van der Waals surface area contributed by atoms with E-state index in [-0.39, 0.29) is 64.2 Å². The van der Waals surface area contributed by atoms with Crippen LogP contribution in [-0.4, -0.2) is 43.6 Å². The second-order valence-corrected chi connectivity index (χ2v) is 28.0. The van der Waals surface area contributed by atoms with Crippen molar-refractivity contribution in [2.24, 2.45) is 0 Å². The number of nitriles is 4. The number of amides is 4. The summed E-state index contributed by atoms with van der Waals surface area (Å²) in [7, 11) is 0. The number of aromatic nitrogens is 4. The molecule has 0 radical (unpaired) electrons. The molecule has 8 aromatic carbocycles. The van der Waals surface area contributed by atoms with E-state index in [0.29, 0.717) is 98.5 Å². The Morgan fingerprint density at radius 1 is 0.295 bits per heavy atom. The number of hydrogen-bond donors (Lipinski definition) is 4. The zero-order valence-corrected chi connectivity index (χ0v) is 65.2. The van der Waals surface area contributed by atoms with Crippen LogP contribution in [0.1, 0.15) is 144 Å². The van der Waals surface area contributed by atoms with Gasteiger partial charge in [-0.15, -0.1) is 0 Å². The van der Waals surface area contributed by atoms with Crippen LogP contribution in [0.25, 0.3) is 0 Å². The maximum Gasteiger partial charge on any atom is 0.252 e. The summed E-state index contributed by atoms with van der Waals surface area (Å²) in [6.07, 6.45) is 5.79. The summed E-state index contributed by atoms with van der Waals surface area (Å²) in [5, 5.41) is 49.3. The maximum absolute atomic E-state index is 14.0. The van der Waals surface area contributed by atoms with Gasteiger partial charge < -0.3 is 21.3 Å². The highest BCUT2D eigenvalue weighted by atomic mass is 35.5. The lowest BCUT2D eigenvalue weighted by Crippen LogP contribution is -2.30. The van der Waals surface area contributed by atoms with Crippen LogP contribution in [0.2, 0.25) is 50.2 Å². The SMILES string of the molecule is Cc1cc(C(=O)N[C@@H](c2ccc(Cl)c(F)c2)c2ccc(Cl)cn2)ccc1C#N.Cc1cc(C(=O)N[C@@H](c2ccc(F)c(Cl)c2)c2ccc(Cl)cn2)ccc1C#N.N#Cc1ccc(C(=O)N[C@@H](c2ccc(Cl)c(F)c2)c2ccc(Cl)cn2)cc1Cl.N#Cc1ccc(C(=O)N[C@@H](c2ccc(F)c(Cl)c2)c2ccc(Cl)cn2)cc1Cl. The van der Waals surface area contributed by atoms with Crippen LogP contribution >= 0.6 is 116 Å². The van der Waals surface area contributed by atoms with Gasteiger partial charge in [0.2, 0.25) is 0 Å². The molecule has 4 amide bonds. The van der Waals surface area contributed by atoms with Crippen molar-refractivity contribution in [1.29, 1.82) is 21.0 Å². The first kappa shape index (κ1) is 84.8. The number of nitrogens with one attached hydrogen (secondary N) is 4.